The summed E-state index contributed by atoms with van der Waals surface area (Å²) in [4.78, 5) is 30.8. The summed E-state index contributed by atoms with van der Waals surface area (Å²) in [6.07, 6.45) is 1.88. The molecule has 4 rings (SSSR count). The predicted molar refractivity (Wildman–Crippen MR) is 110 cm³/mol. The minimum Gasteiger partial charge on any atom is -0.383 e. The number of anilines is 2. The van der Waals surface area contributed by atoms with E-state index in [1.165, 1.54) is 29.5 Å². The molecule has 0 saturated carbocycles. The number of nitro benzene ring substituents is 1. The second-order valence-corrected chi connectivity index (χ2v) is 6.84. The third-order valence-electron chi connectivity index (χ3n) is 4.32. The minimum atomic E-state index is -0.527. The fourth-order valence-corrected chi connectivity index (χ4v) is 3.65. The summed E-state index contributed by atoms with van der Waals surface area (Å²) in [6, 6.07) is 12.2. The lowest BCUT2D eigenvalue weighted by molar-refractivity contribution is -0.384. The van der Waals surface area contributed by atoms with Gasteiger partial charge in [0.05, 0.1) is 10.6 Å². The highest BCUT2D eigenvalue weighted by Crippen LogP contribution is 2.31. The Morgan fingerprint density at radius 1 is 1.25 bits per heavy atom. The Bertz CT molecular complexity index is 1200. The number of carbonyl (C=O) groups is 1. The zero-order chi connectivity index (χ0) is 19.7. The van der Waals surface area contributed by atoms with Crippen LogP contribution in [0.25, 0.3) is 22.2 Å². The third-order valence-corrected chi connectivity index (χ3v) is 5.07. The SMILES string of the molecule is CNc1ccc(C(=O)Nc2nc(-c3c[nH]c4ccccc34)cs2)cc1[N+](=O)[O-]. The molecule has 3 N–H and O–H groups in total. The maximum Gasteiger partial charge on any atom is 0.293 e. The quantitative estimate of drug-likeness (QED) is 0.341. The normalized spacial score (nSPS) is 10.8. The van der Waals surface area contributed by atoms with Crippen molar-refractivity contribution in [3.05, 3.63) is 69.7 Å². The van der Waals surface area contributed by atoms with Crippen LogP contribution in [0.2, 0.25) is 0 Å². The number of nitrogens with one attached hydrogen (secondary N) is 3. The van der Waals surface area contributed by atoms with Crippen molar-refractivity contribution in [3.63, 3.8) is 0 Å². The van der Waals surface area contributed by atoms with Crippen LogP contribution in [0.3, 0.4) is 0 Å². The fraction of sp³-hybridized carbons (Fsp3) is 0.0526. The van der Waals surface area contributed by atoms with Gasteiger partial charge in [0.2, 0.25) is 0 Å². The van der Waals surface area contributed by atoms with Crippen molar-refractivity contribution in [2.45, 2.75) is 0 Å². The molecule has 0 saturated heterocycles. The first-order chi connectivity index (χ1) is 13.6. The van der Waals surface area contributed by atoms with Crippen molar-refractivity contribution in [2.75, 3.05) is 17.7 Å². The van der Waals surface area contributed by atoms with E-state index < -0.39 is 10.8 Å². The number of aromatic amines is 1. The van der Waals surface area contributed by atoms with Gasteiger partial charge in [0, 0.05) is 46.7 Å². The lowest BCUT2D eigenvalue weighted by atomic mass is 10.1. The summed E-state index contributed by atoms with van der Waals surface area (Å²) < 4.78 is 0. The molecule has 4 aromatic rings. The molecule has 0 radical (unpaired) electrons. The molecule has 0 fully saturated rings. The molecular formula is C19H15N5O3S. The van der Waals surface area contributed by atoms with Gasteiger partial charge in [0.25, 0.3) is 11.6 Å². The summed E-state index contributed by atoms with van der Waals surface area (Å²) >= 11 is 1.29. The summed E-state index contributed by atoms with van der Waals surface area (Å²) in [5.74, 6) is -0.453. The number of para-hydroxylation sites is 1. The van der Waals surface area contributed by atoms with E-state index in [-0.39, 0.29) is 11.3 Å². The number of carbonyl (C=O) groups excluding carboxylic acids is 1. The number of hydrogen-bond donors (Lipinski definition) is 3. The lowest BCUT2D eigenvalue weighted by Gasteiger charge is -2.05. The first-order valence-corrected chi connectivity index (χ1v) is 9.24. The van der Waals surface area contributed by atoms with Crippen LogP contribution in [0.5, 0.6) is 0 Å². The first kappa shape index (κ1) is 17.7. The molecule has 0 atom stereocenters. The maximum absolute atomic E-state index is 12.5. The molecule has 0 spiro atoms. The average Bonchev–Trinajstić information content (AvgIpc) is 3.34. The summed E-state index contributed by atoms with van der Waals surface area (Å²) in [5, 5.41) is 19.9. The number of aromatic nitrogens is 2. The molecule has 0 unspecified atom stereocenters. The van der Waals surface area contributed by atoms with E-state index in [1.54, 1.807) is 7.05 Å². The van der Waals surface area contributed by atoms with E-state index in [9.17, 15) is 14.9 Å². The van der Waals surface area contributed by atoms with Crippen LogP contribution in [0.4, 0.5) is 16.5 Å². The molecule has 9 heteroatoms. The molecule has 2 aromatic heterocycles. The Labute approximate surface area is 163 Å². The Morgan fingerprint density at radius 2 is 2.07 bits per heavy atom. The van der Waals surface area contributed by atoms with E-state index in [0.717, 1.165) is 22.2 Å². The van der Waals surface area contributed by atoms with Gasteiger partial charge in [-0.3, -0.25) is 20.2 Å². The summed E-state index contributed by atoms with van der Waals surface area (Å²) in [7, 11) is 1.59. The molecule has 0 bridgehead atoms. The van der Waals surface area contributed by atoms with Crippen LogP contribution in [-0.4, -0.2) is 27.8 Å². The monoisotopic (exact) mass is 393 g/mol. The Hall–Kier alpha value is -3.72. The van der Waals surface area contributed by atoms with Gasteiger partial charge >= 0.3 is 0 Å². The number of rotatable bonds is 5. The zero-order valence-corrected chi connectivity index (χ0v) is 15.5. The molecule has 8 nitrogen and oxygen atoms in total. The molecule has 2 heterocycles. The second-order valence-electron chi connectivity index (χ2n) is 5.98. The van der Waals surface area contributed by atoms with Crippen LogP contribution < -0.4 is 10.6 Å². The van der Waals surface area contributed by atoms with Crippen molar-refractivity contribution >= 4 is 44.7 Å². The molecule has 140 valence electrons. The van der Waals surface area contributed by atoms with Gasteiger partial charge in [-0.2, -0.15) is 0 Å². The van der Waals surface area contributed by atoms with Crippen LogP contribution in [0.1, 0.15) is 10.4 Å². The van der Waals surface area contributed by atoms with Crippen molar-refractivity contribution in [3.8, 4) is 11.3 Å². The number of amides is 1. The number of fused-ring (bicyclic) bond motifs is 1. The molecule has 1 amide bonds. The smallest absolute Gasteiger partial charge is 0.293 e. The van der Waals surface area contributed by atoms with Crippen LogP contribution in [0.15, 0.2) is 54.0 Å². The highest BCUT2D eigenvalue weighted by Gasteiger charge is 2.18. The number of nitro groups is 1. The lowest BCUT2D eigenvalue weighted by Crippen LogP contribution is -2.12. The molecule has 2 aromatic carbocycles. The van der Waals surface area contributed by atoms with Crippen LogP contribution in [-0.2, 0) is 0 Å². The van der Waals surface area contributed by atoms with E-state index in [2.05, 4.69) is 20.6 Å². The number of H-pyrrole nitrogens is 1. The summed E-state index contributed by atoms with van der Waals surface area (Å²) in [6.45, 7) is 0. The van der Waals surface area contributed by atoms with E-state index in [1.807, 2.05) is 35.8 Å². The van der Waals surface area contributed by atoms with Crippen LogP contribution >= 0.6 is 11.3 Å². The van der Waals surface area contributed by atoms with Gasteiger partial charge in [-0.05, 0) is 18.2 Å². The molecule has 28 heavy (non-hydrogen) atoms. The van der Waals surface area contributed by atoms with Gasteiger partial charge in [0.1, 0.15) is 5.69 Å². The number of hydrogen-bond acceptors (Lipinski definition) is 6. The van der Waals surface area contributed by atoms with Gasteiger partial charge in [-0.15, -0.1) is 11.3 Å². The summed E-state index contributed by atoms with van der Waals surface area (Å²) in [5.41, 5.74) is 3.07. The third kappa shape index (κ3) is 3.19. The fourth-order valence-electron chi connectivity index (χ4n) is 2.94. The van der Waals surface area contributed by atoms with E-state index in [4.69, 9.17) is 0 Å². The molecular weight excluding hydrogens is 378 g/mol. The topological polar surface area (TPSA) is 113 Å². The molecule has 0 aliphatic rings. The highest BCUT2D eigenvalue weighted by molar-refractivity contribution is 7.14. The largest absolute Gasteiger partial charge is 0.383 e. The highest BCUT2D eigenvalue weighted by atomic mass is 32.1. The van der Waals surface area contributed by atoms with Crippen molar-refractivity contribution in [1.29, 1.82) is 0 Å². The van der Waals surface area contributed by atoms with Crippen molar-refractivity contribution in [2.24, 2.45) is 0 Å². The Morgan fingerprint density at radius 3 is 2.86 bits per heavy atom. The maximum atomic E-state index is 12.5. The Balaban J connectivity index is 1.58. The van der Waals surface area contributed by atoms with Gasteiger partial charge in [0.15, 0.2) is 5.13 Å². The first-order valence-electron chi connectivity index (χ1n) is 8.36. The molecule has 0 aliphatic carbocycles. The van der Waals surface area contributed by atoms with Crippen molar-refractivity contribution < 1.29 is 9.72 Å². The number of benzene rings is 2. The van der Waals surface area contributed by atoms with E-state index in [0.29, 0.717) is 10.8 Å². The van der Waals surface area contributed by atoms with Gasteiger partial charge in [-0.25, -0.2) is 4.98 Å². The number of nitrogens with zero attached hydrogens (tertiary/aromatic N) is 2. The van der Waals surface area contributed by atoms with Crippen LogP contribution in [0, 0.1) is 10.1 Å². The van der Waals surface area contributed by atoms with Crippen molar-refractivity contribution in [1.82, 2.24) is 9.97 Å². The average molecular weight is 393 g/mol. The number of thiazole rings is 1. The molecule has 0 aliphatic heterocycles. The second kappa shape index (κ2) is 7.12. The zero-order valence-electron chi connectivity index (χ0n) is 14.7. The van der Waals surface area contributed by atoms with Gasteiger partial charge in [-0.1, -0.05) is 18.2 Å². The van der Waals surface area contributed by atoms with Gasteiger partial charge < -0.3 is 10.3 Å². The standard InChI is InChI=1S/C19H15N5O3S/c1-20-15-7-6-11(8-17(15)24(26)27)18(25)23-19-22-16(10-28-19)13-9-21-14-5-3-2-4-12(13)14/h2-10,20-21H,1H3,(H,22,23,25). The van der Waals surface area contributed by atoms with E-state index >= 15 is 0 Å². The Kier molecular flexibility index (Phi) is 4.50. The predicted octanol–water partition coefficient (Wildman–Crippen LogP) is 4.49. The minimum absolute atomic E-state index is 0.159.